The van der Waals surface area contributed by atoms with Crippen LogP contribution in [0.15, 0.2) is 35.3 Å². The maximum Gasteiger partial charge on any atom is 0.0651 e. The molecule has 0 heterocycles. The monoisotopic (exact) mass is 247 g/mol. The third kappa shape index (κ3) is 4.55. The molecule has 2 heteroatoms. The molecule has 1 saturated carbocycles. The van der Waals surface area contributed by atoms with Gasteiger partial charge in [0.15, 0.2) is 0 Å². The zero-order valence-electron chi connectivity index (χ0n) is 10.6. The van der Waals surface area contributed by atoms with E-state index in [-0.39, 0.29) is 0 Å². The van der Waals surface area contributed by atoms with Crippen LogP contribution in [-0.4, -0.2) is 11.1 Å². The van der Waals surface area contributed by atoms with Crippen LogP contribution < -0.4 is 0 Å². The largest absolute Gasteiger partial charge is 0.280 e. The predicted octanol–water partition coefficient (Wildman–Crippen LogP) is 4.67. The van der Waals surface area contributed by atoms with Crippen molar-refractivity contribution >= 4 is 16.8 Å². The van der Waals surface area contributed by atoms with Gasteiger partial charge in [0.05, 0.1) is 11.1 Å². The Morgan fingerprint density at radius 3 is 2.59 bits per heavy atom. The van der Waals surface area contributed by atoms with Crippen LogP contribution in [0.1, 0.15) is 44.6 Å². The second kappa shape index (κ2) is 6.85. The van der Waals surface area contributed by atoms with Crippen molar-refractivity contribution in [2.24, 2.45) is 4.99 Å². The summed E-state index contributed by atoms with van der Waals surface area (Å²) in [6.07, 6.45) is 6.73. The summed E-state index contributed by atoms with van der Waals surface area (Å²) < 4.78 is 0. The highest BCUT2D eigenvalue weighted by molar-refractivity contribution is 8.13. The molecule has 92 valence electrons. The lowest BCUT2D eigenvalue weighted by atomic mass is 9.96. The van der Waals surface area contributed by atoms with E-state index in [9.17, 15) is 0 Å². The lowest BCUT2D eigenvalue weighted by Gasteiger charge is -2.18. The molecule has 0 radical (unpaired) electrons. The van der Waals surface area contributed by atoms with Crippen molar-refractivity contribution in [1.82, 2.24) is 0 Å². The van der Waals surface area contributed by atoms with Gasteiger partial charge in [-0.25, -0.2) is 0 Å². The maximum absolute atomic E-state index is 4.83. The van der Waals surface area contributed by atoms with Gasteiger partial charge in [0, 0.05) is 5.75 Å². The van der Waals surface area contributed by atoms with Gasteiger partial charge in [0.25, 0.3) is 0 Å². The molecular formula is C15H21NS. The van der Waals surface area contributed by atoms with E-state index in [0.29, 0.717) is 6.04 Å². The third-order valence-corrected chi connectivity index (χ3v) is 4.23. The van der Waals surface area contributed by atoms with Crippen molar-refractivity contribution in [2.75, 3.05) is 0 Å². The van der Waals surface area contributed by atoms with Gasteiger partial charge in [-0.15, -0.1) is 11.8 Å². The fourth-order valence-electron chi connectivity index (χ4n) is 2.27. The number of thioether (sulfide) groups is 1. The molecule has 1 fully saturated rings. The lowest BCUT2D eigenvalue weighted by molar-refractivity contribution is 0.444. The molecular weight excluding hydrogens is 226 g/mol. The summed E-state index contributed by atoms with van der Waals surface area (Å²) in [7, 11) is 0. The number of benzene rings is 1. The molecule has 0 unspecified atom stereocenters. The van der Waals surface area contributed by atoms with Crippen molar-refractivity contribution in [3.05, 3.63) is 35.9 Å². The first-order valence-electron chi connectivity index (χ1n) is 6.56. The van der Waals surface area contributed by atoms with Crippen molar-refractivity contribution in [3.63, 3.8) is 0 Å². The average Bonchev–Trinajstić information content (AvgIpc) is 2.39. The summed E-state index contributed by atoms with van der Waals surface area (Å²) >= 11 is 1.87. The van der Waals surface area contributed by atoms with E-state index in [4.69, 9.17) is 4.99 Å². The van der Waals surface area contributed by atoms with E-state index < -0.39 is 0 Å². The standard InChI is InChI=1S/C15H21NS/c1-13(16-15-10-6-3-7-11-15)17-12-14-8-4-2-5-9-14/h2,4-5,8-9,15H,3,6-7,10-12H2,1H3/b16-13+. The van der Waals surface area contributed by atoms with E-state index in [0.717, 1.165) is 5.75 Å². The summed E-state index contributed by atoms with van der Waals surface area (Å²) in [4.78, 5) is 4.83. The van der Waals surface area contributed by atoms with E-state index in [1.54, 1.807) is 0 Å². The van der Waals surface area contributed by atoms with Crippen LogP contribution in [0.5, 0.6) is 0 Å². The molecule has 2 rings (SSSR count). The summed E-state index contributed by atoms with van der Waals surface area (Å²) in [5.74, 6) is 1.04. The Balaban J connectivity index is 1.80. The first kappa shape index (κ1) is 12.7. The van der Waals surface area contributed by atoms with Crippen molar-refractivity contribution < 1.29 is 0 Å². The normalized spacial score (nSPS) is 18.3. The molecule has 0 aromatic heterocycles. The number of hydrogen-bond donors (Lipinski definition) is 0. The first-order valence-corrected chi connectivity index (χ1v) is 7.54. The fourth-order valence-corrected chi connectivity index (χ4v) is 3.06. The van der Waals surface area contributed by atoms with E-state index in [1.165, 1.54) is 42.7 Å². The van der Waals surface area contributed by atoms with Crippen LogP contribution in [0.2, 0.25) is 0 Å². The molecule has 1 aliphatic rings. The first-order chi connectivity index (χ1) is 8.34. The topological polar surface area (TPSA) is 12.4 Å². The van der Waals surface area contributed by atoms with Crippen LogP contribution >= 0.6 is 11.8 Å². The lowest BCUT2D eigenvalue weighted by Crippen LogP contribution is -2.10. The summed E-state index contributed by atoms with van der Waals surface area (Å²) in [5.41, 5.74) is 1.38. The quantitative estimate of drug-likeness (QED) is 0.558. The van der Waals surface area contributed by atoms with Crippen LogP contribution in [0.4, 0.5) is 0 Å². The number of nitrogens with zero attached hydrogens (tertiary/aromatic N) is 1. The van der Waals surface area contributed by atoms with Gasteiger partial charge in [-0.3, -0.25) is 4.99 Å². The Morgan fingerprint density at radius 2 is 1.88 bits per heavy atom. The molecule has 0 amide bonds. The summed E-state index contributed by atoms with van der Waals surface area (Å²) in [6, 6.07) is 11.2. The SMILES string of the molecule is C/C(=N\C1CCCCC1)SCc1ccccc1. The maximum atomic E-state index is 4.83. The molecule has 0 N–H and O–H groups in total. The Morgan fingerprint density at radius 1 is 1.18 bits per heavy atom. The molecule has 0 spiro atoms. The molecule has 1 aliphatic carbocycles. The highest BCUT2D eigenvalue weighted by Crippen LogP contribution is 2.22. The molecule has 1 aromatic rings. The number of aliphatic imine (C=N–C) groups is 1. The van der Waals surface area contributed by atoms with Gasteiger partial charge >= 0.3 is 0 Å². The van der Waals surface area contributed by atoms with Gasteiger partial charge < -0.3 is 0 Å². The second-order valence-electron chi connectivity index (χ2n) is 4.71. The second-order valence-corrected chi connectivity index (χ2v) is 5.88. The Bertz CT molecular complexity index is 352. The van der Waals surface area contributed by atoms with Gasteiger partial charge in [-0.05, 0) is 25.3 Å². The zero-order valence-corrected chi connectivity index (χ0v) is 11.4. The fraction of sp³-hybridized carbons (Fsp3) is 0.533. The van der Waals surface area contributed by atoms with Gasteiger partial charge in [-0.2, -0.15) is 0 Å². The molecule has 0 saturated heterocycles. The van der Waals surface area contributed by atoms with E-state index >= 15 is 0 Å². The van der Waals surface area contributed by atoms with Crippen molar-refractivity contribution in [2.45, 2.75) is 50.8 Å². The summed E-state index contributed by atoms with van der Waals surface area (Å²) in [6.45, 7) is 2.15. The Kier molecular flexibility index (Phi) is 5.11. The molecule has 1 nitrogen and oxygen atoms in total. The van der Waals surface area contributed by atoms with Crippen LogP contribution in [0, 0.1) is 0 Å². The van der Waals surface area contributed by atoms with E-state index in [2.05, 4.69) is 37.3 Å². The van der Waals surface area contributed by atoms with Crippen molar-refractivity contribution in [3.8, 4) is 0 Å². The zero-order chi connectivity index (χ0) is 11.9. The average molecular weight is 247 g/mol. The van der Waals surface area contributed by atoms with Crippen LogP contribution in [0.3, 0.4) is 0 Å². The minimum Gasteiger partial charge on any atom is -0.280 e. The van der Waals surface area contributed by atoms with Crippen molar-refractivity contribution in [1.29, 1.82) is 0 Å². The molecule has 0 atom stereocenters. The number of hydrogen-bond acceptors (Lipinski definition) is 2. The molecule has 1 aromatic carbocycles. The Labute approximate surface area is 109 Å². The highest BCUT2D eigenvalue weighted by Gasteiger charge is 2.11. The van der Waals surface area contributed by atoms with Gasteiger partial charge in [0.1, 0.15) is 0 Å². The molecule has 17 heavy (non-hydrogen) atoms. The van der Waals surface area contributed by atoms with Gasteiger partial charge in [-0.1, -0.05) is 49.6 Å². The molecule has 0 aliphatic heterocycles. The minimum atomic E-state index is 0.604. The van der Waals surface area contributed by atoms with Gasteiger partial charge in [0.2, 0.25) is 0 Å². The van der Waals surface area contributed by atoms with Crippen LogP contribution in [-0.2, 0) is 5.75 Å². The third-order valence-electron chi connectivity index (χ3n) is 3.23. The Hall–Kier alpha value is -0.760. The number of rotatable bonds is 3. The summed E-state index contributed by atoms with van der Waals surface area (Å²) in [5, 5.41) is 1.25. The minimum absolute atomic E-state index is 0.604. The smallest absolute Gasteiger partial charge is 0.0651 e. The highest BCUT2D eigenvalue weighted by atomic mass is 32.2. The van der Waals surface area contributed by atoms with Crippen LogP contribution in [0.25, 0.3) is 0 Å². The predicted molar refractivity (Wildman–Crippen MR) is 77.7 cm³/mol. The van der Waals surface area contributed by atoms with E-state index in [1.807, 2.05) is 11.8 Å². The molecule has 0 bridgehead atoms.